The first kappa shape index (κ1) is 23.4. The lowest BCUT2D eigenvalue weighted by Gasteiger charge is -2.27. The molecule has 1 aromatic rings. The Labute approximate surface area is 166 Å². The zero-order chi connectivity index (χ0) is 20.4. The monoisotopic (exact) mass is 368 g/mol. The van der Waals surface area contributed by atoms with E-state index in [1.807, 2.05) is 43.3 Å². The van der Waals surface area contributed by atoms with E-state index >= 15 is 0 Å². The van der Waals surface area contributed by atoms with Gasteiger partial charge in [-0.2, -0.15) is 0 Å². The molecule has 0 aliphatic heterocycles. The van der Waals surface area contributed by atoms with Gasteiger partial charge in [-0.05, 0) is 37.6 Å². The average Bonchev–Trinajstić information content (AvgIpc) is 2.68. The summed E-state index contributed by atoms with van der Waals surface area (Å²) in [5.41, 5.74) is 2.13. The van der Waals surface area contributed by atoms with Crippen LogP contribution < -0.4 is 4.74 Å². The minimum absolute atomic E-state index is 0.178. The maximum atomic E-state index is 9.47. The zero-order valence-electron chi connectivity index (χ0n) is 16.8. The fourth-order valence-electron chi connectivity index (χ4n) is 2.25. The lowest BCUT2D eigenvalue weighted by Crippen LogP contribution is -2.19. The van der Waals surface area contributed by atoms with Crippen LogP contribution in [0, 0.1) is 0 Å². The normalized spacial score (nSPS) is 15.3. The topological polar surface area (TPSA) is 58.9 Å². The first-order valence-corrected chi connectivity index (χ1v) is 9.18. The van der Waals surface area contributed by atoms with E-state index < -0.39 is 12.2 Å². The zero-order valence-corrected chi connectivity index (χ0v) is 16.8. The highest BCUT2D eigenvalue weighted by Gasteiger charge is 2.22. The number of allylic oxidation sites excluding steroid dienone is 4. The molecule has 0 bridgehead atoms. The predicted octanol–water partition coefficient (Wildman–Crippen LogP) is 3.11. The van der Waals surface area contributed by atoms with Crippen LogP contribution in [0.4, 0.5) is 0 Å². The Morgan fingerprint density at radius 3 is 2.11 bits per heavy atom. The quantitative estimate of drug-likeness (QED) is 0.358. The minimum Gasteiger partial charge on any atom is -0.496 e. The highest BCUT2D eigenvalue weighted by Crippen LogP contribution is 2.32. The SMILES string of the molecule is [B]CC(O)CO/C(C)=C/C=C(\C)C(C)(C)c1ccc(OCC(O)C[B])cc1. The van der Waals surface area contributed by atoms with Gasteiger partial charge in [0.05, 0.1) is 33.7 Å². The van der Waals surface area contributed by atoms with Crippen molar-refractivity contribution in [2.45, 2.75) is 58.0 Å². The number of hydrogen-bond donors (Lipinski definition) is 2. The van der Waals surface area contributed by atoms with E-state index in [0.29, 0.717) is 5.75 Å². The molecule has 0 amide bonds. The molecule has 144 valence electrons. The molecule has 0 spiro atoms. The molecular formula is C21H30B2O4. The molecule has 0 fully saturated rings. The second-order valence-electron chi connectivity index (χ2n) is 7.18. The summed E-state index contributed by atoms with van der Waals surface area (Å²) in [6.07, 6.45) is 2.96. The molecule has 2 atom stereocenters. The second-order valence-corrected chi connectivity index (χ2v) is 7.18. The Kier molecular flexibility index (Phi) is 9.75. The molecular weight excluding hydrogens is 338 g/mol. The number of hydrogen-bond acceptors (Lipinski definition) is 4. The van der Waals surface area contributed by atoms with Crippen LogP contribution in [0.15, 0.2) is 47.7 Å². The summed E-state index contributed by atoms with van der Waals surface area (Å²) in [7, 11) is 10.7. The Balaban J connectivity index is 2.76. The van der Waals surface area contributed by atoms with E-state index in [1.54, 1.807) is 0 Å². The lowest BCUT2D eigenvalue weighted by molar-refractivity contribution is 0.0848. The van der Waals surface area contributed by atoms with Gasteiger partial charge in [0.2, 0.25) is 0 Å². The van der Waals surface area contributed by atoms with Crippen molar-refractivity contribution in [1.29, 1.82) is 0 Å². The Hall–Kier alpha value is -1.65. The summed E-state index contributed by atoms with van der Waals surface area (Å²) < 4.78 is 11.0. The predicted molar refractivity (Wildman–Crippen MR) is 112 cm³/mol. The Morgan fingerprint density at radius 1 is 1.00 bits per heavy atom. The van der Waals surface area contributed by atoms with Crippen LogP contribution in [0.25, 0.3) is 0 Å². The van der Waals surface area contributed by atoms with Crippen LogP contribution in [0.1, 0.15) is 33.3 Å². The molecule has 0 saturated heterocycles. The number of rotatable bonds is 11. The van der Waals surface area contributed by atoms with Gasteiger partial charge in [0.15, 0.2) is 0 Å². The Bertz CT molecular complexity index is 624. The molecule has 0 aliphatic rings. The molecule has 0 saturated carbocycles. The van der Waals surface area contributed by atoms with Gasteiger partial charge in [0, 0.05) is 5.41 Å². The number of benzene rings is 1. The third-order valence-corrected chi connectivity index (χ3v) is 4.62. The summed E-state index contributed by atoms with van der Waals surface area (Å²) in [5.74, 6) is 1.42. The fraction of sp³-hybridized carbons (Fsp3) is 0.524. The third kappa shape index (κ3) is 7.86. The smallest absolute Gasteiger partial charge is 0.119 e. The van der Waals surface area contributed by atoms with E-state index in [1.165, 1.54) is 0 Å². The molecule has 6 heteroatoms. The highest BCUT2D eigenvalue weighted by molar-refractivity contribution is 6.09. The molecule has 0 aromatic heterocycles. The van der Waals surface area contributed by atoms with Crippen molar-refractivity contribution in [1.82, 2.24) is 0 Å². The fourth-order valence-corrected chi connectivity index (χ4v) is 2.25. The van der Waals surface area contributed by atoms with Gasteiger partial charge in [-0.25, -0.2) is 0 Å². The largest absolute Gasteiger partial charge is 0.496 e. The summed E-state index contributed by atoms with van der Waals surface area (Å²) in [6, 6.07) is 7.83. The molecule has 4 radical (unpaired) electrons. The summed E-state index contributed by atoms with van der Waals surface area (Å²) in [5, 5.41) is 18.9. The van der Waals surface area contributed by atoms with E-state index in [9.17, 15) is 10.2 Å². The molecule has 27 heavy (non-hydrogen) atoms. The van der Waals surface area contributed by atoms with Gasteiger partial charge in [0.1, 0.15) is 19.0 Å². The first-order valence-electron chi connectivity index (χ1n) is 9.18. The molecule has 2 N–H and O–H groups in total. The van der Waals surface area contributed by atoms with E-state index in [4.69, 9.17) is 25.2 Å². The van der Waals surface area contributed by atoms with Crippen LogP contribution in [0.2, 0.25) is 12.6 Å². The summed E-state index contributed by atoms with van der Waals surface area (Å²) >= 11 is 0. The van der Waals surface area contributed by atoms with Crippen molar-refractivity contribution in [3.05, 3.63) is 53.3 Å². The lowest BCUT2D eigenvalue weighted by atomic mass is 9.78. The van der Waals surface area contributed by atoms with Crippen molar-refractivity contribution < 1.29 is 19.7 Å². The van der Waals surface area contributed by atoms with E-state index in [-0.39, 0.29) is 31.3 Å². The van der Waals surface area contributed by atoms with E-state index in [0.717, 1.165) is 16.9 Å². The average molecular weight is 368 g/mol. The summed E-state index contributed by atoms with van der Waals surface area (Å²) in [4.78, 5) is 0. The molecule has 1 aromatic carbocycles. The van der Waals surface area contributed by atoms with Crippen molar-refractivity contribution in [3.8, 4) is 5.75 Å². The molecule has 1 rings (SSSR count). The highest BCUT2D eigenvalue weighted by atomic mass is 16.5. The van der Waals surface area contributed by atoms with Crippen molar-refractivity contribution in [3.63, 3.8) is 0 Å². The van der Waals surface area contributed by atoms with Gasteiger partial charge in [0.25, 0.3) is 0 Å². The van der Waals surface area contributed by atoms with Crippen LogP contribution in [0.5, 0.6) is 5.75 Å². The first-order chi connectivity index (χ1) is 12.7. The van der Waals surface area contributed by atoms with Crippen LogP contribution in [0.3, 0.4) is 0 Å². The molecule has 0 aliphatic carbocycles. The standard InChI is InChI=1S/C21H30B2O4/c1-15(5-6-16(2)26-13-18(24)11-22)21(3,4)17-7-9-20(10-8-17)27-14-19(25)12-23/h5-10,18-19,24-25H,11-14H2,1-4H3/b15-5+,16-6+. The maximum Gasteiger partial charge on any atom is 0.119 e. The van der Waals surface area contributed by atoms with Crippen molar-refractivity contribution >= 4 is 15.7 Å². The van der Waals surface area contributed by atoms with Crippen LogP contribution >= 0.6 is 0 Å². The van der Waals surface area contributed by atoms with Gasteiger partial charge in [-0.15, -0.1) is 0 Å². The molecule has 2 unspecified atom stereocenters. The third-order valence-electron chi connectivity index (χ3n) is 4.62. The van der Waals surface area contributed by atoms with Gasteiger partial charge in [-0.3, -0.25) is 0 Å². The van der Waals surface area contributed by atoms with Crippen molar-refractivity contribution in [2.24, 2.45) is 0 Å². The van der Waals surface area contributed by atoms with E-state index in [2.05, 4.69) is 20.8 Å². The molecule has 4 nitrogen and oxygen atoms in total. The van der Waals surface area contributed by atoms with Crippen LogP contribution in [-0.4, -0.2) is 51.3 Å². The van der Waals surface area contributed by atoms with Crippen LogP contribution in [-0.2, 0) is 10.2 Å². The number of aliphatic hydroxyl groups is 2. The second kappa shape index (κ2) is 11.3. The molecule has 0 heterocycles. The Morgan fingerprint density at radius 2 is 1.56 bits per heavy atom. The van der Waals surface area contributed by atoms with Gasteiger partial charge in [-0.1, -0.05) is 50.3 Å². The number of aliphatic hydroxyl groups excluding tert-OH is 2. The minimum atomic E-state index is -0.658. The maximum absolute atomic E-state index is 9.47. The number of ether oxygens (including phenoxy) is 2. The van der Waals surface area contributed by atoms with Gasteiger partial charge >= 0.3 is 0 Å². The van der Waals surface area contributed by atoms with Gasteiger partial charge < -0.3 is 19.7 Å². The summed E-state index contributed by atoms with van der Waals surface area (Å²) in [6.45, 7) is 8.59. The van der Waals surface area contributed by atoms with Crippen molar-refractivity contribution in [2.75, 3.05) is 13.2 Å².